The van der Waals surface area contributed by atoms with Crippen LogP contribution in [0.5, 0.6) is 0 Å². The number of hydrogen-bond donors (Lipinski definition) is 0. The number of hydrogen-bond acceptors (Lipinski definition) is 1. The first kappa shape index (κ1) is 13.8. The van der Waals surface area contributed by atoms with Crippen LogP contribution in [0.2, 0.25) is 0 Å². The second-order valence-electron chi connectivity index (χ2n) is 6.61. The highest BCUT2D eigenvalue weighted by Crippen LogP contribution is 2.36. The Morgan fingerprint density at radius 2 is 1.36 bits per heavy atom. The van der Waals surface area contributed by atoms with Gasteiger partial charge in [-0.1, -0.05) is 66.7 Å². The van der Waals surface area contributed by atoms with Crippen LogP contribution in [0, 0.1) is 11.8 Å². The Hall–Kier alpha value is -1.86. The van der Waals surface area contributed by atoms with E-state index in [2.05, 4.69) is 71.6 Å². The van der Waals surface area contributed by atoms with Gasteiger partial charge in [-0.3, -0.25) is 0 Å². The quantitative estimate of drug-likeness (QED) is 0.806. The number of fused-ring (bicyclic) bond motifs is 3. The van der Waals surface area contributed by atoms with E-state index in [1.165, 1.54) is 49.2 Å². The third-order valence-corrected chi connectivity index (χ3v) is 5.26. The van der Waals surface area contributed by atoms with Crippen molar-refractivity contribution in [2.75, 3.05) is 19.6 Å². The van der Waals surface area contributed by atoms with Crippen molar-refractivity contribution in [2.24, 2.45) is 11.8 Å². The SMILES string of the molecule is C(=C(c1ccccc1)c1ccccc1)[C@@H]1CN2CCC1CC2. The zero-order chi connectivity index (χ0) is 14.8. The predicted molar refractivity (Wildman–Crippen MR) is 92.6 cm³/mol. The highest BCUT2D eigenvalue weighted by molar-refractivity contribution is 5.79. The highest BCUT2D eigenvalue weighted by Gasteiger charge is 2.33. The summed E-state index contributed by atoms with van der Waals surface area (Å²) in [6.45, 7) is 3.86. The highest BCUT2D eigenvalue weighted by atomic mass is 15.1. The summed E-state index contributed by atoms with van der Waals surface area (Å²) in [5.74, 6) is 1.59. The van der Waals surface area contributed by atoms with Gasteiger partial charge in [-0.15, -0.1) is 0 Å². The van der Waals surface area contributed by atoms with Gasteiger partial charge in [0, 0.05) is 6.54 Å². The first-order valence-corrected chi connectivity index (χ1v) is 8.45. The van der Waals surface area contributed by atoms with Gasteiger partial charge in [0.05, 0.1) is 0 Å². The maximum atomic E-state index is 2.63. The molecule has 2 aromatic rings. The van der Waals surface area contributed by atoms with Crippen LogP contribution in [0.1, 0.15) is 24.0 Å². The lowest BCUT2D eigenvalue weighted by molar-refractivity contribution is 0.0738. The van der Waals surface area contributed by atoms with Crippen LogP contribution in [0.3, 0.4) is 0 Å². The zero-order valence-electron chi connectivity index (χ0n) is 13.0. The van der Waals surface area contributed by atoms with Gasteiger partial charge in [0.2, 0.25) is 0 Å². The second-order valence-corrected chi connectivity index (χ2v) is 6.61. The Morgan fingerprint density at radius 3 is 1.82 bits per heavy atom. The van der Waals surface area contributed by atoms with Crippen molar-refractivity contribution in [2.45, 2.75) is 12.8 Å². The molecule has 3 saturated heterocycles. The lowest BCUT2D eigenvalue weighted by atomic mass is 9.77. The Morgan fingerprint density at radius 1 is 0.818 bits per heavy atom. The van der Waals surface area contributed by atoms with Crippen molar-refractivity contribution >= 4 is 5.57 Å². The maximum absolute atomic E-state index is 2.63. The molecule has 2 bridgehead atoms. The summed E-state index contributed by atoms with van der Waals surface area (Å²) in [4.78, 5) is 2.63. The van der Waals surface area contributed by atoms with Gasteiger partial charge in [0.15, 0.2) is 0 Å². The second kappa shape index (κ2) is 6.10. The fourth-order valence-electron chi connectivity index (χ4n) is 4.01. The molecule has 3 heterocycles. The van der Waals surface area contributed by atoms with Crippen molar-refractivity contribution < 1.29 is 0 Å². The van der Waals surface area contributed by atoms with E-state index < -0.39 is 0 Å². The van der Waals surface area contributed by atoms with E-state index in [0.29, 0.717) is 5.92 Å². The first-order chi connectivity index (χ1) is 10.9. The summed E-state index contributed by atoms with van der Waals surface area (Å²) >= 11 is 0. The van der Waals surface area contributed by atoms with Crippen LogP contribution in [-0.4, -0.2) is 24.5 Å². The minimum atomic E-state index is 0.706. The molecule has 0 N–H and O–H groups in total. The average Bonchev–Trinajstić information content (AvgIpc) is 2.62. The Bertz CT molecular complexity index is 595. The number of rotatable bonds is 3. The van der Waals surface area contributed by atoms with E-state index in [1.807, 2.05) is 0 Å². The van der Waals surface area contributed by atoms with Crippen LogP contribution < -0.4 is 0 Å². The minimum absolute atomic E-state index is 0.706. The van der Waals surface area contributed by atoms with Crippen LogP contribution in [0.4, 0.5) is 0 Å². The Balaban J connectivity index is 1.73. The van der Waals surface area contributed by atoms with Crippen LogP contribution >= 0.6 is 0 Å². The minimum Gasteiger partial charge on any atom is -0.303 e. The van der Waals surface area contributed by atoms with Crippen molar-refractivity contribution in [1.29, 1.82) is 0 Å². The van der Waals surface area contributed by atoms with Crippen LogP contribution in [-0.2, 0) is 0 Å². The van der Waals surface area contributed by atoms with Crippen molar-refractivity contribution in [3.8, 4) is 0 Å². The molecule has 1 atom stereocenters. The van der Waals surface area contributed by atoms with Gasteiger partial charge in [-0.05, 0) is 54.5 Å². The molecule has 5 rings (SSSR count). The molecule has 1 nitrogen and oxygen atoms in total. The van der Waals surface area contributed by atoms with Gasteiger partial charge in [0.1, 0.15) is 0 Å². The molecule has 0 unspecified atom stereocenters. The van der Waals surface area contributed by atoms with E-state index in [1.54, 1.807) is 0 Å². The molecule has 3 aliphatic rings. The van der Waals surface area contributed by atoms with Crippen LogP contribution in [0.25, 0.3) is 5.57 Å². The zero-order valence-corrected chi connectivity index (χ0v) is 13.0. The van der Waals surface area contributed by atoms with E-state index in [-0.39, 0.29) is 0 Å². The molecule has 3 aliphatic heterocycles. The fourth-order valence-corrected chi connectivity index (χ4v) is 4.01. The largest absolute Gasteiger partial charge is 0.303 e. The molecule has 1 heteroatoms. The molecule has 112 valence electrons. The van der Waals surface area contributed by atoms with Gasteiger partial charge in [-0.25, -0.2) is 0 Å². The van der Waals surface area contributed by atoms with Crippen molar-refractivity contribution in [1.82, 2.24) is 4.90 Å². The summed E-state index contributed by atoms with van der Waals surface area (Å²) < 4.78 is 0. The number of nitrogens with zero attached hydrogens (tertiary/aromatic N) is 1. The maximum Gasteiger partial charge on any atom is 0.00473 e. The normalized spacial score (nSPS) is 26.6. The average molecular weight is 289 g/mol. The smallest absolute Gasteiger partial charge is 0.00473 e. The van der Waals surface area contributed by atoms with E-state index >= 15 is 0 Å². The summed E-state index contributed by atoms with van der Waals surface area (Å²) in [6.07, 6.45) is 5.30. The summed E-state index contributed by atoms with van der Waals surface area (Å²) in [5.41, 5.74) is 4.08. The predicted octanol–water partition coefficient (Wildman–Crippen LogP) is 4.46. The molecule has 0 aliphatic carbocycles. The standard InChI is InChI=1S/C21H23N/c1-3-7-18(8-4-1)21(19-9-5-2-6-10-19)15-20-16-22-13-11-17(20)12-14-22/h1-10,15,17,20H,11-14,16H2/t20-/m1/s1. The number of benzene rings is 2. The fraction of sp³-hybridized carbons (Fsp3) is 0.333. The Labute approximate surface area is 133 Å². The van der Waals surface area contributed by atoms with Crippen molar-refractivity contribution in [3.63, 3.8) is 0 Å². The molecule has 0 spiro atoms. The third-order valence-electron chi connectivity index (χ3n) is 5.26. The van der Waals surface area contributed by atoms with E-state index in [9.17, 15) is 0 Å². The lowest BCUT2D eigenvalue weighted by Crippen LogP contribution is -2.46. The van der Waals surface area contributed by atoms with Gasteiger partial charge in [-0.2, -0.15) is 0 Å². The molecule has 0 amide bonds. The molecular weight excluding hydrogens is 266 g/mol. The topological polar surface area (TPSA) is 3.24 Å². The van der Waals surface area contributed by atoms with E-state index in [0.717, 1.165) is 5.92 Å². The molecule has 0 radical (unpaired) electrons. The third kappa shape index (κ3) is 2.74. The summed E-state index contributed by atoms with van der Waals surface area (Å²) in [7, 11) is 0. The van der Waals surface area contributed by atoms with E-state index in [4.69, 9.17) is 0 Å². The number of piperidine rings is 3. The molecule has 2 aromatic carbocycles. The van der Waals surface area contributed by atoms with Gasteiger partial charge >= 0.3 is 0 Å². The van der Waals surface area contributed by atoms with Gasteiger partial charge < -0.3 is 4.90 Å². The summed E-state index contributed by atoms with van der Waals surface area (Å²) in [6, 6.07) is 21.7. The monoisotopic (exact) mass is 289 g/mol. The summed E-state index contributed by atoms with van der Waals surface area (Å²) in [5, 5.41) is 0. The van der Waals surface area contributed by atoms with Crippen LogP contribution in [0.15, 0.2) is 66.7 Å². The lowest BCUT2D eigenvalue weighted by Gasteiger charge is -2.44. The van der Waals surface area contributed by atoms with Gasteiger partial charge in [0.25, 0.3) is 0 Å². The first-order valence-electron chi connectivity index (χ1n) is 8.45. The van der Waals surface area contributed by atoms with Crippen molar-refractivity contribution in [3.05, 3.63) is 77.9 Å². The molecule has 0 aromatic heterocycles. The molecular formula is C21H23N. The molecule has 0 saturated carbocycles. The molecule has 22 heavy (non-hydrogen) atoms. The molecule has 3 fully saturated rings. The Kier molecular flexibility index (Phi) is 3.82.